The summed E-state index contributed by atoms with van der Waals surface area (Å²) in [5, 5.41) is 0. The molecule has 0 bridgehead atoms. The van der Waals surface area contributed by atoms with E-state index in [2.05, 4.69) is 43.8 Å². The minimum absolute atomic E-state index is 0.507. The quantitative estimate of drug-likeness (QED) is 0.472. The second kappa shape index (κ2) is 13.8. The summed E-state index contributed by atoms with van der Waals surface area (Å²) >= 11 is 0. The second-order valence-electron chi connectivity index (χ2n) is 5.63. The summed E-state index contributed by atoms with van der Waals surface area (Å²) in [6.07, 6.45) is 2.11. The first-order valence-electron chi connectivity index (χ1n) is 8.91. The van der Waals surface area contributed by atoms with Crippen LogP contribution in [0, 0.1) is 0 Å². The van der Waals surface area contributed by atoms with Gasteiger partial charge in [-0.25, -0.2) is 0 Å². The van der Waals surface area contributed by atoms with E-state index in [0.717, 1.165) is 17.7 Å². The Morgan fingerprint density at radius 1 is 0.920 bits per heavy atom. The van der Waals surface area contributed by atoms with Crippen LogP contribution in [0.15, 0.2) is 36.9 Å². The molecule has 140 valence electrons. The lowest BCUT2D eigenvalue weighted by molar-refractivity contribution is 0.00286. The van der Waals surface area contributed by atoms with Crippen molar-refractivity contribution in [3.05, 3.63) is 48.0 Å². The van der Waals surface area contributed by atoms with Crippen LogP contribution in [-0.2, 0) is 18.9 Å². The van der Waals surface area contributed by atoms with E-state index in [1.54, 1.807) is 0 Å². The lowest BCUT2D eigenvalue weighted by Crippen LogP contribution is -2.12. The molecule has 0 atom stereocenters. The van der Waals surface area contributed by atoms with Gasteiger partial charge in [0.05, 0.1) is 46.2 Å². The van der Waals surface area contributed by atoms with E-state index in [9.17, 15) is 0 Å². The van der Waals surface area contributed by atoms with Crippen LogP contribution >= 0.6 is 0 Å². The van der Waals surface area contributed by atoms with Gasteiger partial charge in [-0.05, 0) is 49.1 Å². The molecule has 4 heteroatoms. The lowest BCUT2D eigenvalue weighted by Gasteiger charge is -2.10. The summed E-state index contributed by atoms with van der Waals surface area (Å²) in [7, 11) is 0. The third-order valence-electron chi connectivity index (χ3n) is 3.76. The van der Waals surface area contributed by atoms with Crippen LogP contribution in [0.25, 0.3) is 11.1 Å². The van der Waals surface area contributed by atoms with Gasteiger partial charge in [-0.1, -0.05) is 30.9 Å². The van der Waals surface area contributed by atoms with E-state index >= 15 is 0 Å². The number of benzene rings is 1. The zero-order valence-corrected chi connectivity index (χ0v) is 15.9. The van der Waals surface area contributed by atoms with Gasteiger partial charge in [0.25, 0.3) is 0 Å². The average molecular weight is 348 g/mol. The van der Waals surface area contributed by atoms with Crippen LogP contribution < -0.4 is 0 Å². The molecule has 0 aliphatic heterocycles. The first-order chi connectivity index (χ1) is 12.2. The SMILES string of the molecule is C=C(COCCOCCOCCOCC)c1cccc(/C(C)=C/C)c1. The fourth-order valence-corrected chi connectivity index (χ4v) is 2.13. The van der Waals surface area contributed by atoms with Crippen molar-refractivity contribution in [2.24, 2.45) is 0 Å². The zero-order chi connectivity index (χ0) is 18.3. The van der Waals surface area contributed by atoms with Crippen LogP contribution in [0.5, 0.6) is 0 Å². The molecule has 4 nitrogen and oxygen atoms in total. The van der Waals surface area contributed by atoms with Gasteiger partial charge in [-0.15, -0.1) is 0 Å². The number of allylic oxidation sites excluding steroid dienone is 2. The molecule has 0 saturated heterocycles. The van der Waals surface area contributed by atoms with Crippen LogP contribution in [0.4, 0.5) is 0 Å². The van der Waals surface area contributed by atoms with E-state index < -0.39 is 0 Å². The number of hydrogen-bond acceptors (Lipinski definition) is 4. The third-order valence-corrected chi connectivity index (χ3v) is 3.76. The topological polar surface area (TPSA) is 36.9 Å². The molecule has 0 unspecified atom stereocenters. The molecular weight excluding hydrogens is 316 g/mol. The van der Waals surface area contributed by atoms with Gasteiger partial charge >= 0.3 is 0 Å². The Morgan fingerprint density at radius 2 is 1.48 bits per heavy atom. The molecule has 0 N–H and O–H groups in total. The summed E-state index contributed by atoms with van der Waals surface area (Å²) in [4.78, 5) is 0. The van der Waals surface area contributed by atoms with Gasteiger partial charge in [0.2, 0.25) is 0 Å². The van der Waals surface area contributed by atoms with Crippen molar-refractivity contribution < 1.29 is 18.9 Å². The standard InChI is InChI=1S/C21H32O4/c1-5-18(3)20-8-7-9-21(16-20)19(4)17-25-15-14-24-13-12-23-11-10-22-6-2/h5,7-9,16H,4,6,10-15,17H2,1-3H3/b18-5+. The molecule has 0 fully saturated rings. The summed E-state index contributed by atoms with van der Waals surface area (Å²) in [6.45, 7) is 15.0. The molecule has 0 heterocycles. The molecule has 0 spiro atoms. The van der Waals surface area contributed by atoms with Gasteiger partial charge in [0.1, 0.15) is 0 Å². The van der Waals surface area contributed by atoms with Crippen molar-refractivity contribution in [2.75, 3.05) is 52.9 Å². The van der Waals surface area contributed by atoms with E-state index in [-0.39, 0.29) is 0 Å². The van der Waals surface area contributed by atoms with Gasteiger partial charge in [-0.2, -0.15) is 0 Å². The van der Waals surface area contributed by atoms with Crippen molar-refractivity contribution in [3.63, 3.8) is 0 Å². The van der Waals surface area contributed by atoms with Crippen molar-refractivity contribution in [1.82, 2.24) is 0 Å². The van der Waals surface area contributed by atoms with Gasteiger partial charge in [0.15, 0.2) is 0 Å². The van der Waals surface area contributed by atoms with E-state index in [4.69, 9.17) is 18.9 Å². The number of hydrogen-bond donors (Lipinski definition) is 0. The molecule has 0 aliphatic carbocycles. The van der Waals surface area contributed by atoms with Gasteiger partial charge in [0, 0.05) is 6.61 Å². The average Bonchev–Trinajstić information content (AvgIpc) is 2.65. The predicted octanol–water partition coefficient (Wildman–Crippen LogP) is 4.21. The highest BCUT2D eigenvalue weighted by Gasteiger charge is 2.02. The predicted molar refractivity (Wildman–Crippen MR) is 104 cm³/mol. The summed E-state index contributed by atoms with van der Waals surface area (Å²) in [5.74, 6) is 0. The molecular formula is C21H32O4. The fraction of sp³-hybridized carbons (Fsp3) is 0.524. The maximum Gasteiger partial charge on any atom is 0.0718 e. The zero-order valence-electron chi connectivity index (χ0n) is 15.9. The Labute approximate surface area is 152 Å². The van der Waals surface area contributed by atoms with Gasteiger partial charge < -0.3 is 18.9 Å². The monoisotopic (exact) mass is 348 g/mol. The summed E-state index contributed by atoms with van der Waals surface area (Å²) < 4.78 is 21.7. The minimum atomic E-state index is 0.507. The fourth-order valence-electron chi connectivity index (χ4n) is 2.13. The molecule has 0 saturated carbocycles. The molecule has 1 rings (SSSR count). The lowest BCUT2D eigenvalue weighted by atomic mass is 10.0. The Morgan fingerprint density at radius 3 is 2.08 bits per heavy atom. The Hall–Kier alpha value is -1.46. The summed E-state index contributed by atoms with van der Waals surface area (Å²) in [5.41, 5.74) is 4.56. The van der Waals surface area contributed by atoms with Gasteiger partial charge in [-0.3, -0.25) is 0 Å². The van der Waals surface area contributed by atoms with E-state index in [0.29, 0.717) is 46.2 Å². The highest BCUT2D eigenvalue weighted by molar-refractivity contribution is 5.70. The highest BCUT2D eigenvalue weighted by atomic mass is 16.6. The van der Waals surface area contributed by atoms with E-state index in [1.807, 2.05) is 13.8 Å². The van der Waals surface area contributed by atoms with Crippen LogP contribution in [0.1, 0.15) is 31.9 Å². The summed E-state index contributed by atoms with van der Waals surface area (Å²) in [6, 6.07) is 8.38. The van der Waals surface area contributed by atoms with E-state index in [1.165, 1.54) is 11.1 Å². The maximum absolute atomic E-state index is 5.64. The van der Waals surface area contributed by atoms with Crippen molar-refractivity contribution in [2.45, 2.75) is 20.8 Å². The second-order valence-corrected chi connectivity index (χ2v) is 5.63. The van der Waals surface area contributed by atoms with Crippen LogP contribution in [0.3, 0.4) is 0 Å². The Kier molecular flexibility index (Phi) is 11.9. The normalized spacial score (nSPS) is 11.7. The maximum atomic E-state index is 5.64. The molecule has 0 aliphatic rings. The molecule has 25 heavy (non-hydrogen) atoms. The van der Waals surface area contributed by atoms with Crippen molar-refractivity contribution >= 4 is 11.1 Å². The van der Waals surface area contributed by atoms with Crippen molar-refractivity contribution in [1.29, 1.82) is 0 Å². The Bertz CT molecular complexity index is 522. The minimum Gasteiger partial charge on any atom is -0.379 e. The Balaban J connectivity index is 2.11. The number of rotatable bonds is 14. The first kappa shape index (κ1) is 21.6. The van der Waals surface area contributed by atoms with Crippen LogP contribution in [-0.4, -0.2) is 52.9 Å². The van der Waals surface area contributed by atoms with Crippen molar-refractivity contribution in [3.8, 4) is 0 Å². The largest absolute Gasteiger partial charge is 0.379 e. The number of ether oxygens (including phenoxy) is 4. The highest BCUT2D eigenvalue weighted by Crippen LogP contribution is 2.19. The molecule has 0 amide bonds. The first-order valence-corrected chi connectivity index (χ1v) is 8.91. The molecule has 0 radical (unpaired) electrons. The molecule has 0 aromatic heterocycles. The molecule has 1 aromatic rings. The smallest absolute Gasteiger partial charge is 0.0718 e. The van der Waals surface area contributed by atoms with Crippen LogP contribution in [0.2, 0.25) is 0 Å². The molecule has 1 aromatic carbocycles. The third kappa shape index (κ3) is 9.56.